The molecule has 0 bridgehead atoms. The molecule has 0 saturated carbocycles. The Morgan fingerprint density at radius 2 is 2.20 bits per heavy atom. The number of ether oxygens (including phenoxy) is 2. The molecule has 7 nitrogen and oxygen atoms in total. The first kappa shape index (κ1) is 12.5. The molecule has 1 amide bonds. The van der Waals surface area contributed by atoms with Crippen molar-refractivity contribution in [2.75, 3.05) is 19.5 Å². The maximum Gasteiger partial charge on any atom is 0.229 e. The number of hydrogen-bond donors (Lipinski definition) is 1. The van der Waals surface area contributed by atoms with E-state index in [0.717, 1.165) is 5.56 Å². The van der Waals surface area contributed by atoms with Crippen molar-refractivity contribution in [3.63, 3.8) is 0 Å². The van der Waals surface area contributed by atoms with E-state index in [4.69, 9.17) is 9.47 Å². The third kappa shape index (κ3) is 1.87. The second-order valence-electron chi connectivity index (χ2n) is 4.38. The number of para-hydroxylation sites is 1. The van der Waals surface area contributed by atoms with Gasteiger partial charge in [-0.2, -0.15) is 10.1 Å². The Morgan fingerprint density at radius 1 is 1.35 bits per heavy atom. The minimum absolute atomic E-state index is 0.0969. The van der Waals surface area contributed by atoms with Crippen molar-refractivity contribution in [3.8, 4) is 11.5 Å². The summed E-state index contributed by atoms with van der Waals surface area (Å²) in [6.07, 6.45) is 1.69. The summed E-state index contributed by atoms with van der Waals surface area (Å²) in [7, 11) is 3.16. The number of amides is 1. The molecule has 3 rings (SSSR count). The highest BCUT2D eigenvalue weighted by Crippen LogP contribution is 2.39. The van der Waals surface area contributed by atoms with Gasteiger partial charge in [0, 0.05) is 5.56 Å². The number of methoxy groups -OCH3 is 2. The van der Waals surface area contributed by atoms with E-state index in [0.29, 0.717) is 17.4 Å². The summed E-state index contributed by atoms with van der Waals surface area (Å²) in [5, 5.41) is 6.86. The van der Waals surface area contributed by atoms with Crippen LogP contribution in [0.4, 0.5) is 5.95 Å². The number of benzene rings is 1. The van der Waals surface area contributed by atoms with Gasteiger partial charge in [0.2, 0.25) is 11.9 Å². The van der Waals surface area contributed by atoms with Crippen molar-refractivity contribution < 1.29 is 14.3 Å². The third-order valence-corrected chi connectivity index (χ3v) is 3.29. The van der Waals surface area contributed by atoms with Crippen LogP contribution in [-0.2, 0) is 4.79 Å². The largest absolute Gasteiger partial charge is 0.493 e. The van der Waals surface area contributed by atoms with Gasteiger partial charge in [-0.1, -0.05) is 12.1 Å². The molecular weight excluding hydrogens is 260 g/mol. The van der Waals surface area contributed by atoms with E-state index < -0.39 is 0 Å². The number of carbonyl (C=O) groups excluding carboxylic acids is 1. The number of aromatic nitrogens is 3. The summed E-state index contributed by atoms with van der Waals surface area (Å²) in [6, 6.07) is 5.31. The highest BCUT2D eigenvalue weighted by Gasteiger charge is 2.30. The molecule has 1 aliphatic rings. The van der Waals surface area contributed by atoms with Crippen molar-refractivity contribution in [2.24, 2.45) is 0 Å². The zero-order chi connectivity index (χ0) is 14.1. The van der Waals surface area contributed by atoms with Gasteiger partial charge in [0.1, 0.15) is 6.33 Å². The molecule has 2 heterocycles. The van der Waals surface area contributed by atoms with Crippen LogP contribution in [0, 0.1) is 0 Å². The second kappa shape index (κ2) is 4.84. The Kier molecular flexibility index (Phi) is 3.02. The molecule has 2 aromatic rings. The monoisotopic (exact) mass is 274 g/mol. The highest BCUT2D eigenvalue weighted by molar-refractivity contribution is 5.91. The van der Waals surface area contributed by atoms with E-state index in [9.17, 15) is 4.79 Å². The number of carbonyl (C=O) groups is 1. The van der Waals surface area contributed by atoms with Gasteiger partial charge in [0.15, 0.2) is 11.5 Å². The second-order valence-corrected chi connectivity index (χ2v) is 4.38. The lowest BCUT2D eigenvalue weighted by molar-refractivity contribution is -0.117. The summed E-state index contributed by atoms with van der Waals surface area (Å²) in [6.45, 7) is 0. The van der Waals surface area contributed by atoms with Gasteiger partial charge < -0.3 is 9.47 Å². The minimum atomic E-state index is -0.258. The van der Waals surface area contributed by atoms with Crippen LogP contribution >= 0.6 is 0 Å². The fourth-order valence-electron chi connectivity index (χ4n) is 2.42. The Labute approximate surface area is 115 Å². The molecule has 1 aromatic carbocycles. The molecule has 1 atom stereocenters. The standard InChI is InChI=1S/C13H14N4O3/c1-19-10-5-3-4-8(12(10)20-2)9-6-11(18)16-13-14-7-15-17(9)13/h3-5,7,9H,6H2,1-2H3,(H,14,15,16,18). The van der Waals surface area contributed by atoms with E-state index in [-0.39, 0.29) is 18.4 Å². The van der Waals surface area contributed by atoms with Gasteiger partial charge >= 0.3 is 0 Å². The predicted molar refractivity (Wildman–Crippen MR) is 71.0 cm³/mol. The van der Waals surface area contributed by atoms with Crippen molar-refractivity contribution in [2.45, 2.75) is 12.5 Å². The molecule has 0 saturated heterocycles. The topological polar surface area (TPSA) is 78.3 Å². The van der Waals surface area contributed by atoms with E-state index >= 15 is 0 Å². The Morgan fingerprint density at radius 3 is 2.95 bits per heavy atom. The number of nitrogens with zero attached hydrogens (tertiary/aromatic N) is 3. The number of anilines is 1. The lowest BCUT2D eigenvalue weighted by Crippen LogP contribution is -2.29. The fourth-order valence-corrected chi connectivity index (χ4v) is 2.42. The van der Waals surface area contributed by atoms with Crippen LogP contribution in [0.15, 0.2) is 24.5 Å². The van der Waals surface area contributed by atoms with Crippen LogP contribution in [-0.4, -0.2) is 34.9 Å². The van der Waals surface area contributed by atoms with Crippen LogP contribution in [0.25, 0.3) is 0 Å². The molecule has 104 valence electrons. The van der Waals surface area contributed by atoms with Gasteiger partial charge in [-0.15, -0.1) is 0 Å². The molecular formula is C13H14N4O3. The lowest BCUT2D eigenvalue weighted by atomic mass is 10.0. The lowest BCUT2D eigenvalue weighted by Gasteiger charge is -2.25. The summed E-state index contributed by atoms with van der Waals surface area (Å²) < 4.78 is 12.4. The third-order valence-electron chi connectivity index (χ3n) is 3.29. The van der Waals surface area contributed by atoms with Crippen molar-refractivity contribution >= 4 is 11.9 Å². The minimum Gasteiger partial charge on any atom is -0.493 e. The summed E-state index contributed by atoms with van der Waals surface area (Å²) >= 11 is 0. The maximum atomic E-state index is 11.8. The van der Waals surface area contributed by atoms with Gasteiger partial charge in [0.05, 0.1) is 26.7 Å². The van der Waals surface area contributed by atoms with Crippen molar-refractivity contribution in [1.82, 2.24) is 14.8 Å². The van der Waals surface area contributed by atoms with E-state index in [1.807, 2.05) is 18.2 Å². The molecule has 0 fully saturated rings. The van der Waals surface area contributed by atoms with Gasteiger partial charge in [-0.05, 0) is 6.07 Å². The molecule has 20 heavy (non-hydrogen) atoms. The summed E-state index contributed by atoms with van der Waals surface area (Å²) in [5.41, 5.74) is 0.841. The van der Waals surface area contributed by atoms with Crippen LogP contribution in [0.2, 0.25) is 0 Å². The molecule has 1 N–H and O–H groups in total. The quantitative estimate of drug-likeness (QED) is 0.910. The molecule has 1 unspecified atom stereocenters. The summed E-state index contributed by atoms with van der Waals surface area (Å²) in [4.78, 5) is 15.8. The number of fused-ring (bicyclic) bond motifs is 1. The van der Waals surface area contributed by atoms with E-state index in [1.54, 1.807) is 18.9 Å². The smallest absolute Gasteiger partial charge is 0.229 e. The van der Waals surface area contributed by atoms with Gasteiger partial charge in [-0.3, -0.25) is 10.1 Å². The molecule has 1 aromatic heterocycles. The number of rotatable bonds is 3. The number of nitrogens with one attached hydrogen (secondary N) is 1. The van der Waals surface area contributed by atoms with Crippen LogP contribution in [0.1, 0.15) is 18.0 Å². The predicted octanol–water partition coefficient (Wildman–Crippen LogP) is 1.23. The fraction of sp³-hybridized carbons (Fsp3) is 0.308. The zero-order valence-corrected chi connectivity index (χ0v) is 11.2. The first-order chi connectivity index (χ1) is 9.74. The Hall–Kier alpha value is -2.57. The van der Waals surface area contributed by atoms with Crippen LogP contribution in [0.5, 0.6) is 11.5 Å². The average Bonchev–Trinajstić information content (AvgIpc) is 2.93. The highest BCUT2D eigenvalue weighted by atomic mass is 16.5. The number of hydrogen-bond acceptors (Lipinski definition) is 5. The van der Waals surface area contributed by atoms with E-state index in [2.05, 4.69) is 15.4 Å². The Bertz CT molecular complexity index is 653. The average molecular weight is 274 g/mol. The van der Waals surface area contributed by atoms with Gasteiger partial charge in [-0.25, -0.2) is 4.68 Å². The van der Waals surface area contributed by atoms with Crippen molar-refractivity contribution in [1.29, 1.82) is 0 Å². The first-order valence-electron chi connectivity index (χ1n) is 6.15. The molecule has 0 radical (unpaired) electrons. The molecule has 1 aliphatic heterocycles. The SMILES string of the molecule is COc1cccc(C2CC(=O)Nc3ncnn32)c1OC. The van der Waals surface area contributed by atoms with Crippen LogP contribution in [0.3, 0.4) is 0 Å². The normalized spacial score (nSPS) is 17.3. The molecule has 0 aliphatic carbocycles. The van der Waals surface area contributed by atoms with Crippen molar-refractivity contribution in [3.05, 3.63) is 30.1 Å². The Balaban J connectivity index is 2.13. The van der Waals surface area contributed by atoms with Crippen LogP contribution < -0.4 is 14.8 Å². The first-order valence-corrected chi connectivity index (χ1v) is 6.15. The maximum absolute atomic E-state index is 11.8. The molecule has 0 spiro atoms. The van der Waals surface area contributed by atoms with Gasteiger partial charge in [0.25, 0.3) is 0 Å². The van der Waals surface area contributed by atoms with E-state index in [1.165, 1.54) is 6.33 Å². The summed E-state index contributed by atoms with van der Waals surface area (Å²) in [5.74, 6) is 1.57. The molecule has 7 heteroatoms. The zero-order valence-electron chi connectivity index (χ0n) is 11.2.